The first-order valence-electron chi connectivity index (χ1n) is 5.34. The van der Waals surface area contributed by atoms with Crippen LogP contribution in [0, 0.1) is 0 Å². The van der Waals surface area contributed by atoms with Gasteiger partial charge < -0.3 is 4.74 Å². The second-order valence-electron chi connectivity index (χ2n) is 4.69. The summed E-state index contributed by atoms with van der Waals surface area (Å²) >= 11 is 5.17. The van der Waals surface area contributed by atoms with Crippen molar-refractivity contribution in [3.63, 3.8) is 0 Å². The Bertz CT molecular complexity index is 547. The molecule has 17 heavy (non-hydrogen) atoms. The number of thiazole rings is 1. The molecule has 0 aromatic carbocycles. The van der Waals surface area contributed by atoms with Crippen LogP contribution in [0.25, 0.3) is 11.4 Å². The number of fused-ring (bicyclic) bond motifs is 1. The molecule has 4 nitrogen and oxygen atoms in total. The van der Waals surface area contributed by atoms with Crippen molar-refractivity contribution in [1.29, 1.82) is 0 Å². The molecule has 3 heterocycles. The summed E-state index contributed by atoms with van der Waals surface area (Å²) in [6.07, 6.45) is 0. The Balaban J connectivity index is 2.08. The lowest BCUT2D eigenvalue weighted by Crippen LogP contribution is -2.36. The Kier molecular flexibility index (Phi) is 2.61. The molecule has 0 aliphatic carbocycles. The molecule has 0 saturated heterocycles. The van der Waals surface area contributed by atoms with Gasteiger partial charge in [-0.1, -0.05) is 0 Å². The number of hydrogen-bond donors (Lipinski definition) is 0. The molecule has 2 aromatic heterocycles. The molecule has 0 radical (unpaired) electrons. The lowest BCUT2D eigenvalue weighted by atomic mass is 10.1. The number of halogens is 1. The van der Waals surface area contributed by atoms with Gasteiger partial charge in [0, 0.05) is 5.38 Å². The van der Waals surface area contributed by atoms with Gasteiger partial charge in [-0.2, -0.15) is 5.10 Å². The van der Waals surface area contributed by atoms with Crippen LogP contribution in [-0.2, 0) is 17.9 Å². The Hall–Kier alpha value is -0.720. The van der Waals surface area contributed by atoms with Crippen LogP contribution in [0.15, 0.2) is 15.4 Å². The van der Waals surface area contributed by atoms with E-state index in [1.807, 2.05) is 15.6 Å². The number of rotatable bonds is 1. The maximum absolute atomic E-state index is 5.79. The number of aromatic nitrogens is 3. The van der Waals surface area contributed by atoms with Crippen molar-refractivity contribution >= 4 is 27.3 Å². The topological polar surface area (TPSA) is 39.9 Å². The van der Waals surface area contributed by atoms with E-state index in [1.54, 1.807) is 11.3 Å². The Morgan fingerprint density at radius 1 is 1.53 bits per heavy atom. The molecule has 0 fully saturated rings. The largest absolute Gasteiger partial charge is 0.367 e. The lowest BCUT2D eigenvalue weighted by molar-refractivity contribution is -0.0663. The molecule has 0 atom stereocenters. The second-order valence-corrected chi connectivity index (χ2v) is 6.20. The van der Waals surface area contributed by atoms with E-state index in [9.17, 15) is 0 Å². The molecule has 1 aliphatic rings. The molecule has 3 rings (SSSR count). The Morgan fingerprint density at radius 2 is 2.35 bits per heavy atom. The SMILES string of the molecule is CC1(C)Cn2nc(-c3cscn3)c(Br)c2CO1. The number of nitrogens with zero attached hydrogens (tertiary/aromatic N) is 3. The molecular weight excluding hydrogens is 302 g/mol. The molecule has 6 heteroatoms. The highest BCUT2D eigenvalue weighted by Crippen LogP contribution is 2.34. The van der Waals surface area contributed by atoms with Crippen LogP contribution in [-0.4, -0.2) is 20.4 Å². The molecule has 90 valence electrons. The van der Waals surface area contributed by atoms with Gasteiger partial charge in [0.2, 0.25) is 0 Å². The van der Waals surface area contributed by atoms with E-state index in [0.717, 1.165) is 28.1 Å². The van der Waals surface area contributed by atoms with E-state index in [2.05, 4.69) is 39.9 Å². The van der Waals surface area contributed by atoms with Crippen molar-refractivity contribution in [2.45, 2.75) is 32.6 Å². The highest BCUT2D eigenvalue weighted by Gasteiger charge is 2.30. The fraction of sp³-hybridized carbons (Fsp3) is 0.455. The summed E-state index contributed by atoms with van der Waals surface area (Å²) in [6, 6.07) is 0. The predicted molar refractivity (Wildman–Crippen MR) is 69.9 cm³/mol. The van der Waals surface area contributed by atoms with E-state index in [1.165, 1.54) is 0 Å². The van der Waals surface area contributed by atoms with Crippen molar-refractivity contribution in [2.75, 3.05) is 0 Å². The zero-order chi connectivity index (χ0) is 12.0. The van der Waals surface area contributed by atoms with Crippen LogP contribution in [0.2, 0.25) is 0 Å². The molecule has 1 aliphatic heterocycles. The van der Waals surface area contributed by atoms with Crippen LogP contribution in [0.3, 0.4) is 0 Å². The third-order valence-corrected chi connectivity index (χ3v) is 4.22. The Labute approximate surface area is 112 Å². The molecule has 0 unspecified atom stereocenters. The van der Waals surface area contributed by atoms with Crippen LogP contribution < -0.4 is 0 Å². The van der Waals surface area contributed by atoms with E-state index in [-0.39, 0.29) is 5.60 Å². The molecule has 0 bridgehead atoms. The predicted octanol–water partition coefficient (Wildman–Crippen LogP) is 3.08. The van der Waals surface area contributed by atoms with Crippen LogP contribution in [0.5, 0.6) is 0 Å². The van der Waals surface area contributed by atoms with Crippen molar-refractivity contribution in [3.8, 4) is 11.4 Å². The minimum Gasteiger partial charge on any atom is -0.367 e. The van der Waals surface area contributed by atoms with E-state index >= 15 is 0 Å². The first-order chi connectivity index (χ1) is 8.07. The van der Waals surface area contributed by atoms with E-state index < -0.39 is 0 Å². The van der Waals surface area contributed by atoms with Crippen molar-refractivity contribution in [2.24, 2.45) is 0 Å². The maximum atomic E-state index is 5.79. The first-order valence-corrected chi connectivity index (χ1v) is 7.08. The highest BCUT2D eigenvalue weighted by atomic mass is 79.9. The van der Waals surface area contributed by atoms with Gasteiger partial charge in [0.25, 0.3) is 0 Å². The van der Waals surface area contributed by atoms with Gasteiger partial charge in [-0.3, -0.25) is 4.68 Å². The lowest BCUT2D eigenvalue weighted by Gasteiger charge is -2.30. The third-order valence-electron chi connectivity index (χ3n) is 2.80. The summed E-state index contributed by atoms with van der Waals surface area (Å²) in [7, 11) is 0. The molecule has 0 spiro atoms. The van der Waals surface area contributed by atoms with Crippen molar-refractivity contribution in [3.05, 3.63) is 21.1 Å². The zero-order valence-corrected chi connectivity index (χ0v) is 12.0. The molecule has 0 amide bonds. The molecule has 0 saturated carbocycles. The average Bonchev–Trinajstić information content (AvgIpc) is 2.85. The fourth-order valence-corrected chi connectivity index (χ4v) is 3.05. The number of ether oxygens (including phenoxy) is 1. The van der Waals surface area contributed by atoms with Gasteiger partial charge >= 0.3 is 0 Å². The minimum absolute atomic E-state index is 0.155. The van der Waals surface area contributed by atoms with Gasteiger partial charge in [0.15, 0.2) is 0 Å². The van der Waals surface area contributed by atoms with Gasteiger partial charge in [0.05, 0.1) is 34.4 Å². The van der Waals surface area contributed by atoms with Gasteiger partial charge in [-0.25, -0.2) is 4.98 Å². The van der Waals surface area contributed by atoms with E-state index in [0.29, 0.717) is 6.61 Å². The summed E-state index contributed by atoms with van der Waals surface area (Å²) < 4.78 is 8.81. The van der Waals surface area contributed by atoms with Crippen LogP contribution in [0.1, 0.15) is 19.5 Å². The van der Waals surface area contributed by atoms with Crippen molar-refractivity contribution in [1.82, 2.24) is 14.8 Å². The van der Waals surface area contributed by atoms with Gasteiger partial charge in [0.1, 0.15) is 11.4 Å². The highest BCUT2D eigenvalue weighted by molar-refractivity contribution is 9.10. The second kappa shape index (κ2) is 3.90. The van der Waals surface area contributed by atoms with Crippen LogP contribution >= 0.6 is 27.3 Å². The zero-order valence-electron chi connectivity index (χ0n) is 9.61. The monoisotopic (exact) mass is 313 g/mol. The van der Waals surface area contributed by atoms with Gasteiger partial charge in [-0.05, 0) is 29.8 Å². The summed E-state index contributed by atoms with van der Waals surface area (Å²) in [5, 5.41) is 6.63. The van der Waals surface area contributed by atoms with E-state index in [4.69, 9.17) is 4.74 Å². The maximum Gasteiger partial charge on any atom is 0.126 e. The smallest absolute Gasteiger partial charge is 0.126 e. The summed E-state index contributed by atoms with van der Waals surface area (Å²) in [6.45, 7) is 5.51. The van der Waals surface area contributed by atoms with Gasteiger partial charge in [-0.15, -0.1) is 11.3 Å². The van der Waals surface area contributed by atoms with Crippen LogP contribution in [0.4, 0.5) is 0 Å². The fourth-order valence-electron chi connectivity index (χ4n) is 1.91. The first kappa shape index (κ1) is 11.4. The average molecular weight is 314 g/mol. The Morgan fingerprint density at radius 3 is 3.06 bits per heavy atom. The molecular formula is C11H12BrN3OS. The summed E-state index contributed by atoms with van der Waals surface area (Å²) in [4.78, 5) is 4.30. The normalized spacial score (nSPS) is 18.1. The quantitative estimate of drug-likeness (QED) is 0.812. The standard InChI is InChI=1S/C11H12BrN3OS/c1-11(2)5-15-8(3-16-11)9(12)10(14-15)7-4-17-6-13-7/h4,6H,3,5H2,1-2H3. The minimum atomic E-state index is -0.155. The third kappa shape index (κ3) is 1.94. The summed E-state index contributed by atoms with van der Waals surface area (Å²) in [5.41, 5.74) is 4.58. The molecule has 2 aromatic rings. The van der Waals surface area contributed by atoms with Crippen molar-refractivity contribution < 1.29 is 4.74 Å². The molecule has 0 N–H and O–H groups in total. The number of hydrogen-bond acceptors (Lipinski definition) is 4. The summed E-state index contributed by atoms with van der Waals surface area (Å²) in [5.74, 6) is 0.